The van der Waals surface area contributed by atoms with Gasteiger partial charge in [-0.3, -0.25) is 0 Å². The van der Waals surface area contributed by atoms with Gasteiger partial charge in [-0.1, -0.05) is 6.92 Å². The zero-order valence-electron chi connectivity index (χ0n) is 12.5. The first-order valence-corrected chi connectivity index (χ1v) is 8.58. The highest BCUT2D eigenvalue weighted by Gasteiger charge is 2.37. The van der Waals surface area contributed by atoms with Crippen LogP contribution in [0, 0.1) is 0 Å². The molecule has 0 saturated heterocycles. The van der Waals surface area contributed by atoms with Gasteiger partial charge in [0.2, 0.25) is 0 Å². The van der Waals surface area contributed by atoms with Crippen molar-refractivity contribution in [3.8, 4) is 0 Å². The Labute approximate surface area is 124 Å². The molecule has 1 aliphatic carbocycles. The second-order valence-electron chi connectivity index (χ2n) is 5.36. The third-order valence-electron chi connectivity index (χ3n) is 3.21. The fourth-order valence-corrected chi connectivity index (χ4v) is 3.41. The van der Waals surface area contributed by atoms with Crippen molar-refractivity contribution in [2.24, 2.45) is 0 Å². The average Bonchev–Trinajstić information content (AvgIpc) is 3.16. The van der Waals surface area contributed by atoms with Crippen molar-refractivity contribution >= 4 is 10.2 Å². The average molecular weight is 331 g/mol. The number of nitrogens with zero attached hydrogens (tertiary/aromatic N) is 2. The van der Waals surface area contributed by atoms with Crippen molar-refractivity contribution in [3.05, 3.63) is 0 Å². The molecule has 0 bridgehead atoms. The van der Waals surface area contributed by atoms with Gasteiger partial charge in [0.25, 0.3) is 10.2 Å². The minimum absolute atomic E-state index is 0.132. The van der Waals surface area contributed by atoms with Crippen LogP contribution in [0.1, 0.15) is 32.6 Å². The number of hydrogen-bond donors (Lipinski definition) is 1. The van der Waals surface area contributed by atoms with Gasteiger partial charge in [-0.25, -0.2) is 0 Å². The Balaban J connectivity index is 2.51. The standard InChI is InChI=1S/C12H24F3N3O2S/c1-3-8-18(10-12(13,14)15)21(19,20)17(2)9-4-7-16-11-5-6-11/h11,16H,3-10H2,1-2H3. The molecule has 0 heterocycles. The molecule has 0 amide bonds. The van der Waals surface area contributed by atoms with Crippen molar-refractivity contribution in [2.75, 3.05) is 33.2 Å². The van der Waals surface area contributed by atoms with E-state index in [0.717, 1.165) is 17.1 Å². The monoisotopic (exact) mass is 331 g/mol. The summed E-state index contributed by atoms with van der Waals surface area (Å²) >= 11 is 0. The van der Waals surface area contributed by atoms with Crippen LogP contribution in [-0.4, -0.2) is 62.5 Å². The number of alkyl halides is 3. The highest BCUT2D eigenvalue weighted by molar-refractivity contribution is 7.86. The molecule has 1 rings (SSSR count). The highest BCUT2D eigenvalue weighted by Crippen LogP contribution is 2.20. The normalized spacial score (nSPS) is 16.9. The molecule has 0 atom stereocenters. The lowest BCUT2D eigenvalue weighted by atomic mass is 10.4. The Bertz CT molecular complexity index is 410. The van der Waals surface area contributed by atoms with Gasteiger partial charge >= 0.3 is 6.18 Å². The molecule has 0 aromatic rings. The number of rotatable bonds is 10. The Morgan fingerprint density at radius 2 is 1.86 bits per heavy atom. The molecule has 1 aliphatic rings. The molecule has 0 aromatic heterocycles. The lowest BCUT2D eigenvalue weighted by molar-refractivity contribution is -0.136. The van der Waals surface area contributed by atoms with E-state index in [2.05, 4.69) is 5.32 Å². The van der Waals surface area contributed by atoms with Gasteiger partial charge in [0.1, 0.15) is 6.54 Å². The first kappa shape index (κ1) is 18.7. The van der Waals surface area contributed by atoms with E-state index >= 15 is 0 Å². The molecule has 1 fully saturated rings. The molecule has 5 nitrogen and oxygen atoms in total. The van der Waals surface area contributed by atoms with E-state index in [0.29, 0.717) is 29.7 Å². The maximum absolute atomic E-state index is 12.5. The zero-order chi connectivity index (χ0) is 16.1. The largest absolute Gasteiger partial charge is 0.402 e. The van der Waals surface area contributed by atoms with E-state index in [-0.39, 0.29) is 13.1 Å². The number of nitrogens with one attached hydrogen (secondary N) is 1. The van der Waals surface area contributed by atoms with Crippen molar-refractivity contribution < 1.29 is 21.6 Å². The van der Waals surface area contributed by atoms with Crippen molar-refractivity contribution in [1.29, 1.82) is 0 Å². The third-order valence-corrected chi connectivity index (χ3v) is 5.14. The van der Waals surface area contributed by atoms with E-state index in [4.69, 9.17) is 0 Å². The maximum Gasteiger partial charge on any atom is 0.402 e. The number of halogens is 3. The fourth-order valence-electron chi connectivity index (χ4n) is 1.93. The summed E-state index contributed by atoms with van der Waals surface area (Å²) in [5, 5.41) is 3.24. The molecule has 21 heavy (non-hydrogen) atoms. The minimum Gasteiger partial charge on any atom is -0.314 e. The fraction of sp³-hybridized carbons (Fsp3) is 1.00. The zero-order valence-corrected chi connectivity index (χ0v) is 13.3. The topological polar surface area (TPSA) is 52.7 Å². The molecule has 0 spiro atoms. The van der Waals surface area contributed by atoms with Crippen molar-refractivity contribution in [1.82, 2.24) is 13.9 Å². The van der Waals surface area contributed by atoms with Gasteiger partial charge in [0, 0.05) is 26.2 Å². The van der Waals surface area contributed by atoms with Crippen LogP contribution in [0.3, 0.4) is 0 Å². The molecule has 0 radical (unpaired) electrons. The summed E-state index contributed by atoms with van der Waals surface area (Å²) < 4.78 is 63.3. The second-order valence-corrected chi connectivity index (χ2v) is 7.40. The van der Waals surface area contributed by atoms with Gasteiger partial charge in [0.15, 0.2) is 0 Å². The van der Waals surface area contributed by atoms with Gasteiger partial charge in [-0.05, 0) is 32.2 Å². The molecule has 1 N–H and O–H groups in total. The van der Waals surface area contributed by atoms with Crippen LogP contribution in [0.15, 0.2) is 0 Å². The van der Waals surface area contributed by atoms with Gasteiger partial charge in [0.05, 0.1) is 0 Å². The van der Waals surface area contributed by atoms with E-state index < -0.39 is 22.9 Å². The summed E-state index contributed by atoms with van der Waals surface area (Å²) in [6, 6.07) is 0.536. The summed E-state index contributed by atoms with van der Waals surface area (Å²) in [6.07, 6.45) is -1.32. The SMILES string of the molecule is CCCN(CC(F)(F)F)S(=O)(=O)N(C)CCCNC1CC1. The Kier molecular flexibility index (Phi) is 6.89. The first-order chi connectivity index (χ1) is 9.66. The van der Waals surface area contributed by atoms with Crippen LogP contribution in [0.25, 0.3) is 0 Å². The molecule has 0 unspecified atom stereocenters. The highest BCUT2D eigenvalue weighted by atomic mass is 32.2. The molecule has 0 aliphatic heterocycles. The maximum atomic E-state index is 12.5. The van der Waals surface area contributed by atoms with Gasteiger partial charge < -0.3 is 5.32 Å². The van der Waals surface area contributed by atoms with Crippen LogP contribution < -0.4 is 5.32 Å². The summed E-state index contributed by atoms with van der Waals surface area (Å²) in [6.45, 7) is 0.969. The summed E-state index contributed by atoms with van der Waals surface area (Å²) in [5.74, 6) is 0. The molecule has 1 saturated carbocycles. The van der Waals surface area contributed by atoms with Gasteiger partial charge in [-0.2, -0.15) is 30.2 Å². The van der Waals surface area contributed by atoms with Gasteiger partial charge in [-0.15, -0.1) is 0 Å². The quantitative estimate of drug-likeness (QED) is 0.619. The van der Waals surface area contributed by atoms with E-state index in [1.54, 1.807) is 6.92 Å². The first-order valence-electron chi connectivity index (χ1n) is 7.18. The summed E-state index contributed by atoms with van der Waals surface area (Å²) in [7, 11) is -2.74. The molecule has 9 heteroatoms. The lowest BCUT2D eigenvalue weighted by Gasteiger charge is -2.28. The van der Waals surface area contributed by atoms with Crippen LogP contribution >= 0.6 is 0 Å². The van der Waals surface area contributed by atoms with Crippen molar-refractivity contribution in [3.63, 3.8) is 0 Å². The predicted molar refractivity (Wildman–Crippen MR) is 75.1 cm³/mol. The minimum atomic E-state index is -4.53. The van der Waals surface area contributed by atoms with Crippen LogP contribution in [-0.2, 0) is 10.2 Å². The summed E-state index contributed by atoms with van der Waals surface area (Å²) in [5.41, 5.74) is 0. The van der Waals surface area contributed by atoms with Crippen LogP contribution in [0.5, 0.6) is 0 Å². The lowest BCUT2D eigenvalue weighted by Crippen LogP contribution is -2.46. The molecular formula is C12H24F3N3O2S. The van der Waals surface area contributed by atoms with E-state index in [1.165, 1.54) is 7.05 Å². The third kappa shape index (κ3) is 6.94. The Hall–Kier alpha value is -0.380. The molecule has 126 valence electrons. The van der Waals surface area contributed by atoms with Crippen LogP contribution in [0.4, 0.5) is 13.2 Å². The number of hydrogen-bond acceptors (Lipinski definition) is 3. The van der Waals surface area contributed by atoms with E-state index in [9.17, 15) is 21.6 Å². The predicted octanol–water partition coefficient (Wildman–Crippen LogP) is 1.58. The smallest absolute Gasteiger partial charge is 0.314 e. The molecule has 0 aromatic carbocycles. The second kappa shape index (κ2) is 7.75. The summed E-state index contributed by atoms with van der Waals surface area (Å²) in [4.78, 5) is 0. The molecular weight excluding hydrogens is 307 g/mol. The van der Waals surface area contributed by atoms with Crippen LogP contribution in [0.2, 0.25) is 0 Å². The van der Waals surface area contributed by atoms with Crippen molar-refractivity contribution in [2.45, 2.75) is 44.8 Å². The Morgan fingerprint density at radius 3 is 2.33 bits per heavy atom. The Morgan fingerprint density at radius 1 is 1.24 bits per heavy atom. The van der Waals surface area contributed by atoms with E-state index in [1.807, 2.05) is 0 Å².